The third-order valence-corrected chi connectivity index (χ3v) is 4.93. The maximum Gasteiger partial charge on any atom is 0.264 e. The lowest BCUT2D eigenvalue weighted by atomic mass is 9.78. The summed E-state index contributed by atoms with van der Waals surface area (Å²) in [6, 6.07) is 9.21. The Bertz CT molecular complexity index is 757. The van der Waals surface area contributed by atoms with Gasteiger partial charge in [0.25, 0.3) is 10.1 Å². The first-order valence-corrected chi connectivity index (χ1v) is 9.11. The second-order valence-electron chi connectivity index (χ2n) is 6.07. The Hall–Kier alpha value is -1.77. The molecule has 23 heavy (non-hydrogen) atoms. The summed E-state index contributed by atoms with van der Waals surface area (Å²) in [5, 5.41) is 15.5. The predicted molar refractivity (Wildman–Crippen MR) is 82.8 cm³/mol. The van der Waals surface area contributed by atoms with E-state index in [1.54, 1.807) is 4.68 Å². The molecular weight excluding hydrogens is 318 g/mol. The largest absolute Gasteiger partial charge is 0.383 e. The highest BCUT2D eigenvalue weighted by molar-refractivity contribution is 7.85. The minimum Gasteiger partial charge on any atom is -0.383 e. The van der Waals surface area contributed by atoms with Gasteiger partial charge in [0.1, 0.15) is 18.3 Å². The van der Waals surface area contributed by atoms with Gasteiger partial charge in [-0.05, 0) is 18.4 Å². The van der Waals surface area contributed by atoms with E-state index in [0.717, 1.165) is 6.26 Å². The maximum absolute atomic E-state index is 11.5. The third-order valence-electron chi connectivity index (χ3n) is 4.39. The summed E-state index contributed by atoms with van der Waals surface area (Å²) in [4.78, 5) is 3.90. The molecule has 1 aromatic heterocycles. The fraction of sp³-hybridized carbons (Fsp3) is 0.467. The van der Waals surface area contributed by atoms with Crippen LogP contribution in [0, 0.1) is 5.41 Å². The van der Waals surface area contributed by atoms with E-state index in [1.165, 1.54) is 12.7 Å². The van der Waals surface area contributed by atoms with Crippen LogP contribution in [0.2, 0.25) is 0 Å². The molecule has 0 aliphatic heterocycles. The molecule has 0 radical (unpaired) electrons. The van der Waals surface area contributed by atoms with Crippen molar-refractivity contribution in [3.8, 4) is 0 Å². The van der Waals surface area contributed by atoms with Crippen LogP contribution in [0.3, 0.4) is 0 Å². The molecule has 7 nitrogen and oxygen atoms in total. The minimum absolute atomic E-state index is 0.0497. The summed E-state index contributed by atoms with van der Waals surface area (Å²) in [7, 11) is -3.57. The lowest BCUT2D eigenvalue weighted by molar-refractivity contribution is -0.0720. The van der Waals surface area contributed by atoms with Gasteiger partial charge in [0, 0.05) is 5.41 Å². The van der Waals surface area contributed by atoms with Gasteiger partial charge in [-0.2, -0.15) is 13.5 Å². The molecule has 1 aromatic carbocycles. The van der Waals surface area contributed by atoms with Crippen LogP contribution in [0.25, 0.3) is 0 Å². The smallest absolute Gasteiger partial charge is 0.264 e. The van der Waals surface area contributed by atoms with Crippen molar-refractivity contribution in [2.45, 2.75) is 25.0 Å². The second kappa shape index (κ2) is 5.70. The highest BCUT2D eigenvalue weighted by Gasteiger charge is 2.60. The van der Waals surface area contributed by atoms with Gasteiger partial charge in [-0.15, -0.1) is 0 Å². The summed E-state index contributed by atoms with van der Waals surface area (Å²) in [6.07, 6.45) is 5.31. The molecule has 1 heterocycles. The van der Waals surface area contributed by atoms with E-state index in [-0.39, 0.29) is 13.2 Å². The van der Waals surface area contributed by atoms with Crippen molar-refractivity contribution in [3.05, 3.63) is 48.5 Å². The number of aromatic nitrogens is 3. The van der Waals surface area contributed by atoms with Crippen LogP contribution in [0.15, 0.2) is 43.0 Å². The van der Waals surface area contributed by atoms with Crippen molar-refractivity contribution < 1.29 is 17.7 Å². The first-order chi connectivity index (χ1) is 10.8. The molecular formula is C15H19N3O4S. The predicted octanol–water partition coefficient (Wildman–Crippen LogP) is 0.922. The monoisotopic (exact) mass is 337 g/mol. The molecule has 1 aliphatic carbocycles. The van der Waals surface area contributed by atoms with Gasteiger partial charge in [0.2, 0.25) is 0 Å². The van der Waals surface area contributed by atoms with Crippen LogP contribution >= 0.6 is 0 Å². The van der Waals surface area contributed by atoms with E-state index in [0.29, 0.717) is 18.4 Å². The Morgan fingerprint density at radius 3 is 2.57 bits per heavy atom. The van der Waals surface area contributed by atoms with Crippen LogP contribution in [0.4, 0.5) is 0 Å². The lowest BCUT2D eigenvalue weighted by Crippen LogP contribution is -2.44. The molecule has 0 spiro atoms. The van der Waals surface area contributed by atoms with Crippen molar-refractivity contribution in [3.63, 3.8) is 0 Å². The number of nitrogens with zero attached hydrogens (tertiary/aromatic N) is 3. The molecule has 2 aromatic rings. The first-order valence-electron chi connectivity index (χ1n) is 7.29. The number of aliphatic hydroxyl groups is 1. The van der Waals surface area contributed by atoms with Gasteiger partial charge in [-0.1, -0.05) is 30.3 Å². The van der Waals surface area contributed by atoms with E-state index in [2.05, 4.69) is 10.1 Å². The Kier molecular flexibility index (Phi) is 3.99. The summed E-state index contributed by atoms with van der Waals surface area (Å²) in [5.41, 5.74) is -1.22. The summed E-state index contributed by atoms with van der Waals surface area (Å²) < 4.78 is 29.3. The average Bonchev–Trinajstić information content (AvgIpc) is 3.16. The zero-order chi connectivity index (χ0) is 16.6. The first kappa shape index (κ1) is 16.1. The molecule has 3 rings (SSSR count). The van der Waals surface area contributed by atoms with E-state index < -0.39 is 21.1 Å². The normalized spacial score (nSPS) is 19.2. The third kappa shape index (κ3) is 3.29. The maximum atomic E-state index is 11.5. The van der Waals surface area contributed by atoms with Crippen LogP contribution in [0.5, 0.6) is 0 Å². The molecule has 1 N–H and O–H groups in total. The Morgan fingerprint density at radius 2 is 2.04 bits per heavy atom. The molecule has 1 fully saturated rings. The van der Waals surface area contributed by atoms with E-state index in [9.17, 15) is 13.5 Å². The van der Waals surface area contributed by atoms with Crippen molar-refractivity contribution in [2.75, 3.05) is 12.9 Å². The lowest BCUT2D eigenvalue weighted by Gasteiger charge is -2.36. The van der Waals surface area contributed by atoms with Gasteiger partial charge in [0.15, 0.2) is 0 Å². The molecule has 1 atom stereocenters. The summed E-state index contributed by atoms with van der Waals surface area (Å²) in [6.45, 7) is 0.135. The number of hydrogen-bond donors (Lipinski definition) is 1. The van der Waals surface area contributed by atoms with Gasteiger partial charge >= 0.3 is 0 Å². The quantitative estimate of drug-likeness (QED) is 0.755. The van der Waals surface area contributed by atoms with Gasteiger partial charge in [-0.3, -0.25) is 4.18 Å². The van der Waals surface area contributed by atoms with E-state index in [1.807, 2.05) is 30.3 Å². The zero-order valence-corrected chi connectivity index (χ0v) is 13.6. The highest BCUT2D eigenvalue weighted by Crippen LogP contribution is 2.59. The van der Waals surface area contributed by atoms with Crippen molar-refractivity contribution in [1.82, 2.24) is 14.8 Å². The fourth-order valence-electron chi connectivity index (χ4n) is 2.88. The van der Waals surface area contributed by atoms with E-state index >= 15 is 0 Å². The molecule has 0 bridgehead atoms. The Morgan fingerprint density at radius 1 is 1.35 bits per heavy atom. The molecule has 0 saturated heterocycles. The summed E-state index contributed by atoms with van der Waals surface area (Å²) in [5.74, 6) is 0. The number of rotatable bonds is 7. The van der Waals surface area contributed by atoms with Crippen LogP contribution in [0.1, 0.15) is 18.4 Å². The Labute approximate surface area is 135 Å². The Balaban J connectivity index is 1.95. The molecule has 8 heteroatoms. The standard InChI is InChI=1S/C15H19N3O4S/c1-23(20,21)22-10-14(7-8-14)15(19,9-18-12-16-11-17-18)13-5-3-2-4-6-13/h2-6,11-12,19H,7-10H2,1H3. The molecule has 1 unspecified atom stereocenters. The summed E-state index contributed by atoms with van der Waals surface area (Å²) >= 11 is 0. The fourth-order valence-corrected chi connectivity index (χ4v) is 3.32. The molecule has 124 valence electrons. The molecule has 0 amide bonds. The second-order valence-corrected chi connectivity index (χ2v) is 7.71. The van der Waals surface area contributed by atoms with Crippen LogP contribution in [-0.2, 0) is 26.4 Å². The van der Waals surface area contributed by atoms with Crippen LogP contribution in [-0.4, -0.2) is 41.2 Å². The van der Waals surface area contributed by atoms with Crippen molar-refractivity contribution in [2.24, 2.45) is 5.41 Å². The molecule has 1 saturated carbocycles. The van der Waals surface area contributed by atoms with Crippen LogP contribution < -0.4 is 0 Å². The van der Waals surface area contributed by atoms with Crippen molar-refractivity contribution >= 4 is 10.1 Å². The zero-order valence-electron chi connectivity index (χ0n) is 12.8. The minimum atomic E-state index is -3.57. The van der Waals surface area contributed by atoms with E-state index in [4.69, 9.17) is 4.18 Å². The van der Waals surface area contributed by atoms with Gasteiger partial charge in [0.05, 0.1) is 19.4 Å². The molecule has 1 aliphatic rings. The van der Waals surface area contributed by atoms with Gasteiger partial charge in [-0.25, -0.2) is 9.67 Å². The number of benzene rings is 1. The average molecular weight is 337 g/mol. The highest BCUT2D eigenvalue weighted by atomic mass is 32.2. The topological polar surface area (TPSA) is 94.3 Å². The SMILES string of the molecule is CS(=O)(=O)OCC1(C(O)(Cn2cncn2)c2ccccc2)CC1. The van der Waals surface area contributed by atoms with Crippen molar-refractivity contribution in [1.29, 1.82) is 0 Å². The van der Waals surface area contributed by atoms with Gasteiger partial charge < -0.3 is 5.11 Å². The number of hydrogen-bond acceptors (Lipinski definition) is 6.